The molecule has 1 fully saturated rings. The van der Waals surface area contributed by atoms with Crippen molar-refractivity contribution in [2.75, 3.05) is 31.6 Å². The first-order valence-corrected chi connectivity index (χ1v) is 9.78. The number of hydrogen-bond acceptors (Lipinski definition) is 4. The zero-order valence-electron chi connectivity index (χ0n) is 16.3. The van der Waals surface area contributed by atoms with Crippen LogP contribution < -0.4 is 10.6 Å². The lowest BCUT2D eigenvalue weighted by molar-refractivity contribution is -0.141. The van der Waals surface area contributed by atoms with Crippen molar-refractivity contribution in [3.05, 3.63) is 47.8 Å². The lowest BCUT2D eigenvalue weighted by Gasteiger charge is -2.46. The molecule has 7 heteroatoms. The van der Waals surface area contributed by atoms with Gasteiger partial charge < -0.3 is 24.8 Å². The summed E-state index contributed by atoms with van der Waals surface area (Å²) in [5, 5.41) is 6.42. The first kappa shape index (κ1) is 18.4. The highest BCUT2D eigenvalue weighted by Gasteiger charge is 2.42. The first-order valence-electron chi connectivity index (χ1n) is 9.78. The van der Waals surface area contributed by atoms with Gasteiger partial charge in [-0.2, -0.15) is 0 Å². The molecule has 7 nitrogen and oxygen atoms in total. The fourth-order valence-corrected chi connectivity index (χ4v) is 4.21. The van der Waals surface area contributed by atoms with Gasteiger partial charge in [0, 0.05) is 25.0 Å². The summed E-state index contributed by atoms with van der Waals surface area (Å²) in [5.74, 6) is -0.414. The number of ether oxygens (including phenoxy) is 1. The molecule has 1 aromatic heterocycles. The van der Waals surface area contributed by atoms with Gasteiger partial charge in [0.15, 0.2) is 0 Å². The monoisotopic (exact) mass is 382 g/mol. The van der Waals surface area contributed by atoms with E-state index < -0.39 is 5.97 Å². The predicted octanol–water partition coefficient (Wildman–Crippen LogP) is 2.78. The Labute approximate surface area is 164 Å². The standard InChI is InChI=1S/C21H26N4O3/c1-3-28-19(26)14-22-20(27)24-11-8-21(9-12-24)18-5-4-10-25(18)17-7-6-15(2)13-16(17)23-21/h4-7,10,13,23H,3,8-9,11-12,14H2,1-2H3,(H,22,27). The van der Waals surface area contributed by atoms with E-state index in [0.29, 0.717) is 19.7 Å². The van der Waals surface area contributed by atoms with Crippen molar-refractivity contribution in [1.29, 1.82) is 0 Å². The minimum atomic E-state index is -0.414. The zero-order chi connectivity index (χ0) is 19.7. The number of nitrogens with one attached hydrogen (secondary N) is 2. The van der Waals surface area contributed by atoms with Crippen molar-refractivity contribution in [2.24, 2.45) is 0 Å². The number of esters is 1. The van der Waals surface area contributed by atoms with Crippen molar-refractivity contribution in [3.63, 3.8) is 0 Å². The number of rotatable bonds is 3. The third-order valence-electron chi connectivity index (χ3n) is 5.62. The Morgan fingerprint density at radius 1 is 1.25 bits per heavy atom. The van der Waals surface area contributed by atoms with Crippen LogP contribution in [0.15, 0.2) is 36.5 Å². The van der Waals surface area contributed by atoms with Gasteiger partial charge in [0.05, 0.1) is 23.5 Å². The van der Waals surface area contributed by atoms with E-state index in [1.807, 2.05) is 0 Å². The molecule has 2 aliphatic rings. The van der Waals surface area contributed by atoms with Crippen LogP contribution in [0.4, 0.5) is 10.5 Å². The molecule has 0 aliphatic carbocycles. The topological polar surface area (TPSA) is 75.6 Å². The average molecular weight is 382 g/mol. The highest BCUT2D eigenvalue weighted by atomic mass is 16.5. The number of hydrogen-bond donors (Lipinski definition) is 2. The molecule has 148 valence electrons. The molecule has 4 rings (SSSR count). The SMILES string of the molecule is CCOC(=O)CNC(=O)N1CCC2(CC1)Nc1cc(C)ccc1-n1cccc12. The number of amides is 2. The number of fused-ring (bicyclic) bond motifs is 4. The molecular weight excluding hydrogens is 356 g/mol. The second-order valence-corrected chi connectivity index (χ2v) is 7.44. The maximum absolute atomic E-state index is 12.4. The number of piperidine rings is 1. The summed E-state index contributed by atoms with van der Waals surface area (Å²) in [5.41, 5.74) is 4.54. The number of carbonyl (C=O) groups is 2. The van der Waals surface area contributed by atoms with Crippen molar-refractivity contribution in [3.8, 4) is 5.69 Å². The van der Waals surface area contributed by atoms with Gasteiger partial charge >= 0.3 is 12.0 Å². The number of aromatic nitrogens is 1. The number of likely N-dealkylation sites (tertiary alicyclic amines) is 1. The molecule has 0 atom stereocenters. The van der Waals surface area contributed by atoms with Crippen LogP contribution in [0.25, 0.3) is 5.69 Å². The van der Waals surface area contributed by atoms with Gasteiger partial charge in [-0.25, -0.2) is 4.79 Å². The van der Waals surface area contributed by atoms with E-state index in [9.17, 15) is 9.59 Å². The second kappa shape index (κ2) is 7.22. The molecule has 0 bridgehead atoms. The van der Waals surface area contributed by atoms with Crippen LogP contribution in [0, 0.1) is 6.92 Å². The summed E-state index contributed by atoms with van der Waals surface area (Å²) < 4.78 is 7.11. The summed E-state index contributed by atoms with van der Waals surface area (Å²) >= 11 is 0. The van der Waals surface area contributed by atoms with Crippen LogP contribution in [0.2, 0.25) is 0 Å². The maximum Gasteiger partial charge on any atom is 0.325 e. The molecule has 0 radical (unpaired) electrons. The molecule has 1 spiro atoms. The Hall–Kier alpha value is -2.96. The summed E-state index contributed by atoms with van der Waals surface area (Å²) in [4.78, 5) is 25.6. The smallest absolute Gasteiger partial charge is 0.325 e. The van der Waals surface area contributed by atoms with E-state index in [1.165, 1.54) is 11.3 Å². The Morgan fingerprint density at radius 3 is 2.79 bits per heavy atom. The van der Waals surface area contributed by atoms with Gasteiger partial charge in [0.1, 0.15) is 6.54 Å². The normalized spacial score (nSPS) is 16.7. The second-order valence-electron chi connectivity index (χ2n) is 7.44. The predicted molar refractivity (Wildman–Crippen MR) is 107 cm³/mol. The first-order chi connectivity index (χ1) is 13.5. The van der Waals surface area contributed by atoms with E-state index in [2.05, 4.69) is 58.7 Å². The van der Waals surface area contributed by atoms with E-state index in [4.69, 9.17) is 4.74 Å². The molecule has 3 heterocycles. The van der Waals surface area contributed by atoms with Crippen molar-refractivity contribution >= 4 is 17.7 Å². The Balaban J connectivity index is 1.47. The molecule has 0 saturated carbocycles. The molecular formula is C21H26N4O3. The third-order valence-corrected chi connectivity index (χ3v) is 5.62. The van der Waals surface area contributed by atoms with Gasteiger partial charge in [0.25, 0.3) is 0 Å². The summed E-state index contributed by atoms with van der Waals surface area (Å²) in [6.45, 7) is 5.30. The van der Waals surface area contributed by atoms with Crippen LogP contribution in [0.1, 0.15) is 31.0 Å². The molecule has 2 aromatic rings. The Kier molecular flexibility index (Phi) is 4.75. The van der Waals surface area contributed by atoms with Crippen LogP contribution in [-0.4, -0.2) is 47.7 Å². The van der Waals surface area contributed by atoms with Gasteiger partial charge in [-0.05, 0) is 56.5 Å². The third kappa shape index (κ3) is 3.21. The minimum Gasteiger partial charge on any atom is -0.465 e. The molecule has 1 saturated heterocycles. The van der Waals surface area contributed by atoms with E-state index in [-0.39, 0.29) is 18.1 Å². The summed E-state index contributed by atoms with van der Waals surface area (Å²) in [6, 6.07) is 10.5. The lowest BCUT2D eigenvalue weighted by Crippen LogP contribution is -2.53. The Bertz CT molecular complexity index is 897. The van der Waals surface area contributed by atoms with Gasteiger partial charge in [0.2, 0.25) is 0 Å². The van der Waals surface area contributed by atoms with Crippen LogP contribution in [0.3, 0.4) is 0 Å². The van der Waals surface area contributed by atoms with Crippen LogP contribution in [0.5, 0.6) is 0 Å². The average Bonchev–Trinajstić information content (AvgIpc) is 3.18. The number of anilines is 1. The number of nitrogens with zero attached hydrogens (tertiary/aromatic N) is 2. The number of carbonyl (C=O) groups excluding carboxylic acids is 2. The lowest BCUT2D eigenvalue weighted by atomic mass is 9.82. The van der Waals surface area contributed by atoms with Crippen molar-refractivity contribution in [1.82, 2.24) is 14.8 Å². The van der Waals surface area contributed by atoms with Crippen LogP contribution >= 0.6 is 0 Å². The van der Waals surface area contributed by atoms with E-state index in [0.717, 1.165) is 24.2 Å². The highest BCUT2D eigenvalue weighted by Crippen LogP contribution is 2.43. The quantitative estimate of drug-likeness (QED) is 0.801. The van der Waals surface area contributed by atoms with E-state index in [1.54, 1.807) is 11.8 Å². The highest BCUT2D eigenvalue weighted by molar-refractivity contribution is 5.81. The molecule has 2 aliphatic heterocycles. The number of benzene rings is 1. The van der Waals surface area contributed by atoms with Gasteiger partial charge in [-0.15, -0.1) is 0 Å². The van der Waals surface area contributed by atoms with Crippen molar-refractivity contribution in [2.45, 2.75) is 32.2 Å². The molecule has 1 aromatic carbocycles. The fourth-order valence-electron chi connectivity index (χ4n) is 4.21. The van der Waals surface area contributed by atoms with Crippen molar-refractivity contribution < 1.29 is 14.3 Å². The molecule has 2 N–H and O–H groups in total. The molecule has 2 amide bonds. The largest absolute Gasteiger partial charge is 0.465 e. The summed E-state index contributed by atoms with van der Waals surface area (Å²) in [6.07, 6.45) is 3.71. The van der Waals surface area contributed by atoms with E-state index >= 15 is 0 Å². The number of urea groups is 1. The Morgan fingerprint density at radius 2 is 2.04 bits per heavy atom. The number of aryl methyl sites for hydroxylation is 1. The van der Waals surface area contributed by atoms with Gasteiger partial charge in [-0.1, -0.05) is 6.07 Å². The molecule has 28 heavy (non-hydrogen) atoms. The minimum absolute atomic E-state index is 0.0952. The summed E-state index contributed by atoms with van der Waals surface area (Å²) in [7, 11) is 0. The van der Waals surface area contributed by atoms with Gasteiger partial charge in [-0.3, -0.25) is 4.79 Å². The fraction of sp³-hybridized carbons (Fsp3) is 0.429. The maximum atomic E-state index is 12.4. The van der Waals surface area contributed by atoms with Crippen LogP contribution in [-0.2, 0) is 15.1 Å². The molecule has 0 unspecified atom stereocenters. The zero-order valence-corrected chi connectivity index (χ0v) is 16.3.